The smallest absolute Gasteiger partial charge is 0.323 e. The maximum absolute atomic E-state index is 10.9. The first-order valence-corrected chi connectivity index (χ1v) is 6.35. The second-order valence-corrected chi connectivity index (χ2v) is 5.04. The van der Waals surface area contributed by atoms with Gasteiger partial charge in [0.05, 0.1) is 11.4 Å². The molecule has 1 N–H and O–H groups in total. The average Bonchev–Trinajstić information content (AvgIpc) is 2.44. The molecule has 1 heterocycles. The van der Waals surface area contributed by atoms with Crippen molar-refractivity contribution < 1.29 is 9.90 Å². The molecular formula is C13H17ClN2O2. The molecule has 5 heteroatoms. The summed E-state index contributed by atoms with van der Waals surface area (Å²) >= 11 is 6.16. The summed E-state index contributed by atoms with van der Waals surface area (Å²) in [6.45, 7) is 3.67. The second-order valence-electron chi connectivity index (χ2n) is 4.63. The molecule has 0 radical (unpaired) electrons. The zero-order valence-electron chi connectivity index (χ0n) is 10.6. The maximum Gasteiger partial charge on any atom is 0.323 e. The van der Waals surface area contributed by atoms with Crippen LogP contribution in [-0.2, 0) is 4.79 Å². The fourth-order valence-corrected chi connectivity index (χ4v) is 2.61. The average molecular weight is 269 g/mol. The number of carbonyl (C=O) groups is 1. The number of nitrogens with zero attached hydrogens (tertiary/aromatic N) is 2. The fourth-order valence-electron chi connectivity index (χ4n) is 2.46. The van der Waals surface area contributed by atoms with E-state index in [-0.39, 0.29) is 6.54 Å². The normalized spacial score (nSPS) is 15.3. The van der Waals surface area contributed by atoms with Crippen molar-refractivity contribution in [3.63, 3.8) is 0 Å². The van der Waals surface area contributed by atoms with Crippen LogP contribution in [0.2, 0.25) is 5.02 Å². The lowest BCUT2D eigenvalue weighted by molar-refractivity contribution is -0.135. The van der Waals surface area contributed by atoms with Crippen LogP contribution in [0.3, 0.4) is 0 Å². The molecule has 0 amide bonds. The number of fused-ring (bicyclic) bond motifs is 1. The highest BCUT2D eigenvalue weighted by atomic mass is 35.5. The Labute approximate surface area is 112 Å². The Balaban J connectivity index is 2.50. The molecule has 0 unspecified atom stereocenters. The molecule has 0 spiro atoms. The Bertz CT molecular complexity index is 476. The molecule has 18 heavy (non-hydrogen) atoms. The van der Waals surface area contributed by atoms with Crippen LogP contribution in [0.5, 0.6) is 0 Å². The summed E-state index contributed by atoms with van der Waals surface area (Å²) in [4.78, 5) is 15.0. The predicted octanol–water partition coefficient (Wildman–Crippen LogP) is 2.38. The molecule has 0 bridgehead atoms. The van der Waals surface area contributed by atoms with Gasteiger partial charge >= 0.3 is 5.97 Å². The molecule has 0 atom stereocenters. The van der Waals surface area contributed by atoms with Gasteiger partial charge in [0.1, 0.15) is 6.54 Å². The van der Waals surface area contributed by atoms with Gasteiger partial charge in [0.15, 0.2) is 0 Å². The van der Waals surface area contributed by atoms with Crippen LogP contribution in [-0.4, -0.2) is 37.8 Å². The molecule has 0 saturated carbocycles. The van der Waals surface area contributed by atoms with Gasteiger partial charge in [0.25, 0.3) is 0 Å². The van der Waals surface area contributed by atoms with Crippen LogP contribution in [0.15, 0.2) is 12.1 Å². The Morgan fingerprint density at radius 1 is 1.44 bits per heavy atom. The summed E-state index contributed by atoms with van der Waals surface area (Å²) in [6.07, 6.45) is 0.940. The van der Waals surface area contributed by atoms with Crippen LogP contribution in [0.25, 0.3) is 0 Å². The summed E-state index contributed by atoms with van der Waals surface area (Å²) in [5, 5.41) is 9.71. The molecule has 0 aliphatic carbocycles. The number of hydrogen-bond acceptors (Lipinski definition) is 3. The molecule has 0 aromatic heterocycles. The third-order valence-corrected chi connectivity index (χ3v) is 3.72. The minimum absolute atomic E-state index is 0.0297. The zero-order valence-corrected chi connectivity index (χ0v) is 11.4. The largest absolute Gasteiger partial charge is 0.480 e. The maximum atomic E-state index is 10.9. The first-order valence-electron chi connectivity index (χ1n) is 5.97. The number of carboxylic acid groups (broad SMARTS) is 1. The highest BCUT2D eigenvalue weighted by Crippen LogP contribution is 2.37. The van der Waals surface area contributed by atoms with Crippen molar-refractivity contribution in [3.8, 4) is 0 Å². The van der Waals surface area contributed by atoms with Gasteiger partial charge < -0.3 is 14.9 Å². The van der Waals surface area contributed by atoms with Crippen LogP contribution >= 0.6 is 11.6 Å². The van der Waals surface area contributed by atoms with Crippen molar-refractivity contribution in [2.45, 2.75) is 13.3 Å². The lowest BCUT2D eigenvalue weighted by Gasteiger charge is -2.26. The number of halogens is 1. The van der Waals surface area contributed by atoms with Gasteiger partial charge in [-0.3, -0.25) is 4.79 Å². The van der Waals surface area contributed by atoms with E-state index in [0.717, 1.165) is 41.5 Å². The molecule has 1 aliphatic rings. The van der Waals surface area contributed by atoms with Crippen molar-refractivity contribution in [1.29, 1.82) is 0 Å². The van der Waals surface area contributed by atoms with Crippen molar-refractivity contribution in [1.82, 2.24) is 0 Å². The number of carboxylic acids is 1. The number of aliphatic carboxylic acids is 1. The molecule has 1 aromatic carbocycles. The molecule has 4 nitrogen and oxygen atoms in total. The third kappa shape index (κ3) is 2.38. The zero-order chi connectivity index (χ0) is 13.3. The van der Waals surface area contributed by atoms with Gasteiger partial charge in [-0.25, -0.2) is 0 Å². The fraction of sp³-hybridized carbons (Fsp3) is 0.462. The van der Waals surface area contributed by atoms with E-state index in [0.29, 0.717) is 0 Å². The molecular weight excluding hydrogens is 252 g/mol. The van der Waals surface area contributed by atoms with Crippen LogP contribution in [0.4, 0.5) is 11.4 Å². The molecule has 1 aliphatic heterocycles. The van der Waals surface area contributed by atoms with E-state index in [9.17, 15) is 4.79 Å². The minimum atomic E-state index is -0.807. The molecule has 1 aromatic rings. The first kappa shape index (κ1) is 13.0. The minimum Gasteiger partial charge on any atom is -0.480 e. The second kappa shape index (κ2) is 5.06. The summed E-state index contributed by atoms with van der Waals surface area (Å²) in [5.41, 5.74) is 3.01. The Kier molecular flexibility index (Phi) is 3.66. The number of benzene rings is 1. The van der Waals surface area contributed by atoms with E-state index in [1.54, 1.807) is 0 Å². The van der Waals surface area contributed by atoms with Crippen LogP contribution < -0.4 is 9.80 Å². The van der Waals surface area contributed by atoms with E-state index in [1.165, 1.54) is 0 Å². The summed E-state index contributed by atoms with van der Waals surface area (Å²) in [5.74, 6) is -0.807. The van der Waals surface area contributed by atoms with Crippen molar-refractivity contribution in [2.75, 3.05) is 36.5 Å². The molecule has 0 fully saturated rings. The molecule has 2 rings (SSSR count). The molecule has 0 saturated heterocycles. The van der Waals surface area contributed by atoms with Gasteiger partial charge in [-0.1, -0.05) is 11.6 Å². The van der Waals surface area contributed by atoms with Gasteiger partial charge in [-0.05, 0) is 31.0 Å². The lowest BCUT2D eigenvalue weighted by atomic mass is 10.1. The van der Waals surface area contributed by atoms with Crippen molar-refractivity contribution >= 4 is 28.9 Å². The first-order chi connectivity index (χ1) is 8.50. The number of hydrogen-bond donors (Lipinski definition) is 1. The summed E-state index contributed by atoms with van der Waals surface area (Å²) in [7, 11) is 2.02. The van der Waals surface area contributed by atoms with Crippen molar-refractivity contribution in [2.24, 2.45) is 0 Å². The molecule has 98 valence electrons. The summed E-state index contributed by atoms with van der Waals surface area (Å²) in [6, 6.07) is 3.75. The van der Waals surface area contributed by atoms with Gasteiger partial charge in [-0.15, -0.1) is 0 Å². The van der Waals surface area contributed by atoms with E-state index in [1.807, 2.05) is 31.0 Å². The SMILES string of the molecule is Cc1c(Cl)ccc2c1N(C)CCCN2CC(=O)O. The van der Waals surface area contributed by atoms with Gasteiger partial charge in [0.2, 0.25) is 0 Å². The highest BCUT2D eigenvalue weighted by molar-refractivity contribution is 6.32. The van der Waals surface area contributed by atoms with E-state index in [4.69, 9.17) is 16.7 Å². The lowest BCUT2D eigenvalue weighted by Crippen LogP contribution is -2.30. The van der Waals surface area contributed by atoms with E-state index >= 15 is 0 Å². The van der Waals surface area contributed by atoms with E-state index < -0.39 is 5.97 Å². The Morgan fingerprint density at radius 2 is 2.17 bits per heavy atom. The highest BCUT2D eigenvalue weighted by Gasteiger charge is 2.22. The standard InChI is InChI=1S/C13H17ClN2O2/c1-9-10(14)4-5-11-13(9)15(2)6-3-7-16(11)8-12(17)18/h4-5H,3,6-8H2,1-2H3,(H,17,18). The topological polar surface area (TPSA) is 43.8 Å². The predicted molar refractivity (Wildman–Crippen MR) is 73.9 cm³/mol. The van der Waals surface area contributed by atoms with E-state index in [2.05, 4.69) is 4.90 Å². The van der Waals surface area contributed by atoms with Crippen molar-refractivity contribution in [3.05, 3.63) is 22.7 Å². The van der Waals surface area contributed by atoms with Gasteiger partial charge in [-0.2, -0.15) is 0 Å². The third-order valence-electron chi connectivity index (χ3n) is 3.31. The van der Waals surface area contributed by atoms with Crippen LogP contribution in [0, 0.1) is 6.92 Å². The number of anilines is 2. The quantitative estimate of drug-likeness (QED) is 0.894. The number of rotatable bonds is 2. The Hall–Kier alpha value is -1.42. The summed E-state index contributed by atoms with van der Waals surface area (Å²) < 4.78 is 0. The Morgan fingerprint density at radius 3 is 2.83 bits per heavy atom. The van der Waals surface area contributed by atoms with Gasteiger partial charge in [0, 0.05) is 25.2 Å². The van der Waals surface area contributed by atoms with Crippen LogP contribution in [0.1, 0.15) is 12.0 Å². The monoisotopic (exact) mass is 268 g/mol.